The molecule has 0 bridgehead atoms. The fourth-order valence-corrected chi connectivity index (χ4v) is 7.88. The van der Waals surface area contributed by atoms with E-state index in [4.69, 9.17) is 4.74 Å². The molecule has 1 aliphatic heterocycles. The van der Waals surface area contributed by atoms with E-state index in [2.05, 4.69) is 13.0 Å². The Morgan fingerprint density at radius 1 is 1.02 bits per heavy atom. The Hall–Kier alpha value is -3.42. The molecule has 7 nitrogen and oxygen atoms in total. The van der Waals surface area contributed by atoms with Gasteiger partial charge >= 0.3 is 0 Å². The van der Waals surface area contributed by atoms with Crippen molar-refractivity contribution in [1.29, 1.82) is 0 Å². The van der Waals surface area contributed by atoms with Crippen LogP contribution in [0.5, 0.6) is 11.5 Å². The largest absolute Gasteiger partial charge is 0.507 e. The molecule has 5 rings (SSSR count). The number of phenols is 1. The monoisotopic (exact) mass is 615 g/mol. The van der Waals surface area contributed by atoms with Crippen LogP contribution in [-0.2, 0) is 9.59 Å². The van der Waals surface area contributed by atoms with Crippen molar-refractivity contribution in [2.45, 2.75) is 97.1 Å². The van der Waals surface area contributed by atoms with Crippen LogP contribution in [0.4, 0.5) is 0 Å². The number of allylic oxidation sites excluding steroid dienone is 1. The SMILES string of the molecule is CCC/C(=C\c1cc(C)c(O)c(C)c1)CC[C@@H](O)C1=C(COc2ccccc2)C[C@H]2C(=O)N(C3CCCCC3)C(=O)[C@H]2[C@H]1CO. The zero-order valence-electron chi connectivity index (χ0n) is 27.0. The maximum absolute atomic E-state index is 13.9. The Morgan fingerprint density at radius 2 is 1.71 bits per heavy atom. The van der Waals surface area contributed by atoms with E-state index in [1.54, 1.807) is 0 Å². The topological polar surface area (TPSA) is 107 Å². The molecule has 3 N–H and O–H groups in total. The second-order valence-corrected chi connectivity index (χ2v) is 13.2. The van der Waals surface area contributed by atoms with Gasteiger partial charge in [-0.1, -0.05) is 62.5 Å². The molecule has 1 saturated heterocycles. The number of aliphatic hydroxyl groups is 2. The van der Waals surface area contributed by atoms with E-state index in [-0.39, 0.29) is 31.1 Å². The first-order valence-electron chi connectivity index (χ1n) is 16.8. The number of para-hydroxylation sites is 1. The number of nitrogens with zero attached hydrogens (tertiary/aromatic N) is 1. The van der Waals surface area contributed by atoms with Crippen LogP contribution < -0.4 is 4.74 Å². The van der Waals surface area contributed by atoms with E-state index in [0.29, 0.717) is 36.3 Å². The molecule has 7 heteroatoms. The van der Waals surface area contributed by atoms with E-state index < -0.39 is 23.9 Å². The van der Waals surface area contributed by atoms with Crippen LogP contribution in [0, 0.1) is 31.6 Å². The number of likely N-dealkylation sites (tertiary alicyclic amines) is 1. The lowest BCUT2D eigenvalue weighted by Gasteiger charge is -2.36. The molecule has 1 heterocycles. The van der Waals surface area contributed by atoms with E-state index in [1.165, 1.54) is 10.5 Å². The van der Waals surface area contributed by atoms with Gasteiger partial charge in [-0.25, -0.2) is 0 Å². The third kappa shape index (κ3) is 7.20. The molecule has 45 heavy (non-hydrogen) atoms. The molecular weight excluding hydrogens is 566 g/mol. The molecule has 0 spiro atoms. The quantitative estimate of drug-likeness (QED) is 0.182. The number of aromatic hydroxyl groups is 1. The highest BCUT2D eigenvalue weighted by atomic mass is 16.5. The van der Waals surface area contributed by atoms with Gasteiger partial charge < -0.3 is 20.1 Å². The predicted molar refractivity (Wildman–Crippen MR) is 176 cm³/mol. The molecule has 0 radical (unpaired) electrons. The first-order valence-corrected chi connectivity index (χ1v) is 16.8. The van der Waals surface area contributed by atoms with E-state index in [9.17, 15) is 24.9 Å². The number of carbonyl (C=O) groups is 2. The molecule has 2 aromatic carbocycles. The van der Waals surface area contributed by atoms with Crippen molar-refractivity contribution in [2.75, 3.05) is 13.2 Å². The van der Waals surface area contributed by atoms with Crippen LogP contribution in [0.3, 0.4) is 0 Å². The van der Waals surface area contributed by atoms with Crippen molar-refractivity contribution in [3.05, 3.63) is 75.9 Å². The molecule has 4 atom stereocenters. The number of imide groups is 1. The normalized spacial score (nSPS) is 23.4. The van der Waals surface area contributed by atoms with Crippen LogP contribution >= 0.6 is 0 Å². The Labute approximate surface area is 267 Å². The minimum atomic E-state index is -0.896. The summed E-state index contributed by atoms with van der Waals surface area (Å²) in [6.45, 7) is 5.78. The summed E-state index contributed by atoms with van der Waals surface area (Å²) in [5.74, 6) is -1.17. The third-order valence-corrected chi connectivity index (χ3v) is 10.1. The number of carbonyl (C=O) groups excluding carboxylic acids is 2. The van der Waals surface area contributed by atoms with Crippen molar-refractivity contribution in [2.24, 2.45) is 17.8 Å². The average molecular weight is 616 g/mol. The van der Waals surface area contributed by atoms with Crippen molar-refractivity contribution in [3.8, 4) is 11.5 Å². The zero-order valence-corrected chi connectivity index (χ0v) is 27.0. The number of ether oxygens (including phenoxy) is 1. The summed E-state index contributed by atoms with van der Waals surface area (Å²) in [6, 6.07) is 13.3. The lowest BCUT2D eigenvalue weighted by molar-refractivity contribution is -0.143. The standard InChI is InChI=1S/C38H49NO6/c1-4-11-26(20-27-18-24(2)36(42)25(3)19-27)16-17-33(41)34-28(23-45-30-14-9-6-10-15-30)21-31-35(32(34)22-40)38(44)39(37(31)43)29-12-7-5-8-13-29/h6,9-10,14-15,18-20,29,31-33,35,40-42H,4-5,7-8,11-13,16-17,21-23H2,1-3H3/b26-20+/t31-,32+,33-,35-/m1/s1. The van der Waals surface area contributed by atoms with Crippen LogP contribution in [0.25, 0.3) is 6.08 Å². The van der Waals surface area contributed by atoms with Crippen molar-refractivity contribution in [3.63, 3.8) is 0 Å². The summed E-state index contributed by atoms with van der Waals surface area (Å²) in [6.07, 6.45) is 9.28. The van der Waals surface area contributed by atoms with Gasteiger partial charge in [0, 0.05) is 12.0 Å². The van der Waals surface area contributed by atoms with Crippen molar-refractivity contribution < 1.29 is 29.6 Å². The number of phenolic OH excluding ortho intramolecular Hbond substituents is 1. The summed E-state index contributed by atoms with van der Waals surface area (Å²) in [5, 5.41) is 32.9. The molecule has 3 aliphatic rings. The average Bonchev–Trinajstić information content (AvgIpc) is 3.30. The molecule has 2 aliphatic carbocycles. The summed E-state index contributed by atoms with van der Waals surface area (Å²) in [5.41, 5.74) is 5.33. The molecule has 0 unspecified atom stereocenters. The zero-order chi connectivity index (χ0) is 32.1. The number of hydrogen-bond donors (Lipinski definition) is 3. The smallest absolute Gasteiger partial charge is 0.234 e. The van der Waals surface area contributed by atoms with Gasteiger partial charge in [0.05, 0.1) is 24.5 Å². The molecule has 1 saturated carbocycles. The first kappa shape index (κ1) is 33.0. The molecule has 0 aromatic heterocycles. The second kappa shape index (κ2) is 14.8. The summed E-state index contributed by atoms with van der Waals surface area (Å²) in [7, 11) is 0. The Morgan fingerprint density at radius 3 is 2.36 bits per heavy atom. The number of aliphatic hydroxyl groups excluding tert-OH is 2. The number of rotatable bonds is 12. The fourth-order valence-electron chi connectivity index (χ4n) is 7.88. The van der Waals surface area contributed by atoms with Crippen LogP contribution in [0.1, 0.15) is 87.8 Å². The van der Waals surface area contributed by atoms with Crippen LogP contribution in [0.15, 0.2) is 59.2 Å². The van der Waals surface area contributed by atoms with Gasteiger partial charge in [0.2, 0.25) is 11.8 Å². The van der Waals surface area contributed by atoms with Gasteiger partial charge in [0.1, 0.15) is 18.1 Å². The molecular formula is C38H49NO6. The third-order valence-electron chi connectivity index (χ3n) is 10.1. The van der Waals surface area contributed by atoms with Gasteiger partial charge in [-0.15, -0.1) is 0 Å². The second-order valence-electron chi connectivity index (χ2n) is 13.2. The van der Waals surface area contributed by atoms with E-state index in [0.717, 1.165) is 67.2 Å². The maximum Gasteiger partial charge on any atom is 0.234 e. The summed E-state index contributed by atoms with van der Waals surface area (Å²) >= 11 is 0. The lowest BCUT2D eigenvalue weighted by Crippen LogP contribution is -2.42. The number of aryl methyl sites for hydroxylation is 2. The van der Waals surface area contributed by atoms with E-state index >= 15 is 0 Å². The highest BCUT2D eigenvalue weighted by Gasteiger charge is 2.56. The van der Waals surface area contributed by atoms with Gasteiger partial charge in [-0.2, -0.15) is 0 Å². The predicted octanol–water partition coefficient (Wildman–Crippen LogP) is 6.66. The van der Waals surface area contributed by atoms with E-state index in [1.807, 2.05) is 56.3 Å². The Kier molecular flexibility index (Phi) is 10.8. The van der Waals surface area contributed by atoms with Gasteiger partial charge in [0.15, 0.2) is 0 Å². The molecule has 2 fully saturated rings. The highest BCUT2D eigenvalue weighted by Crippen LogP contribution is 2.48. The fraction of sp³-hybridized carbons (Fsp3) is 0.526. The minimum absolute atomic E-state index is 0.0741. The number of hydrogen-bond acceptors (Lipinski definition) is 6. The minimum Gasteiger partial charge on any atom is -0.507 e. The number of fused-ring (bicyclic) bond motifs is 1. The first-order chi connectivity index (χ1) is 21.7. The van der Waals surface area contributed by atoms with Crippen LogP contribution in [-0.4, -0.2) is 57.4 Å². The molecule has 242 valence electrons. The number of amides is 2. The van der Waals surface area contributed by atoms with Crippen LogP contribution in [0.2, 0.25) is 0 Å². The highest BCUT2D eigenvalue weighted by molar-refractivity contribution is 6.06. The Bertz CT molecular complexity index is 1400. The molecule has 2 amide bonds. The summed E-state index contributed by atoms with van der Waals surface area (Å²) < 4.78 is 6.16. The van der Waals surface area contributed by atoms with Crippen molar-refractivity contribution in [1.82, 2.24) is 4.90 Å². The summed E-state index contributed by atoms with van der Waals surface area (Å²) in [4.78, 5) is 29.3. The van der Waals surface area contributed by atoms with Crippen molar-refractivity contribution >= 4 is 17.9 Å². The maximum atomic E-state index is 13.9. The van der Waals surface area contributed by atoms with Gasteiger partial charge in [0.25, 0.3) is 0 Å². The lowest BCUT2D eigenvalue weighted by atomic mass is 9.68. The molecule has 2 aromatic rings. The Balaban J connectivity index is 1.43. The van der Waals surface area contributed by atoms with Gasteiger partial charge in [-0.05, 0) is 104 Å². The number of benzene rings is 2. The van der Waals surface area contributed by atoms with Gasteiger partial charge in [-0.3, -0.25) is 14.5 Å².